The smallest absolute Gasteiger partial charge is 0.137 e. The molecule has 2 rings (SSSR count). The minimum Gasteiger partial charge on any atom is -0.396 e. The van der Waals surface area contributed by atoms with Crippen LogP contribution in [0.1, 0.15) is 45.1 Å². The predicted octanol–water partition coefficient (Wildman–Crippen LogP) is 2.24. The average molecular weight is 278 g/mol. The minimum absolute atomic E-state index is 0.303. The van der Waals surface area contributed by atoms with Crippen LogP contribution in [0.5, 0.6) is 0 Å². The number of aliphatic hydroxyl groups is 1. The van der Waals surface area contributed by atoms with Crippen molar-refractivity contribution in [3.63, 3.8) is 0 Å². The number of hydrogen-bond acceptors (Lipinski definition) is 5. The fourth-order valence-electron chi connectivity index (χ4n) is 2.81. The first kappa shape index (κ1) is 15.0. The highest BCUT2D eigenvalue weighted by atomic mass is 16.3. The monoisotopic (exact) mass is 278 g/mol. The van der Waals surface area contributed by atoms with Crippen molar-refractivity contribution in [1.82, 2.24) is 9.97 Å². The summed E-state index contributed by atoms with van der Waals surface area (Å²) in [7, 11) is 0. The molecular formula is C15H26N4O. The fraction of sp³-hybridized carbons (Fsp3) is 0.733. The minimum atomic E-state index is 0.303. The maximum absolute atomic E-state index is 9.25. The number of nitrogens with zero attached hydrogens (tertiary/aromatic N) is 3. The normalized spacial score (nSPS) is 16.8. The summed E-state index contributed by atoms with van der Waals surface area (Å²) < 4.78 is 0. The van der Waals surface area contributed by atoms with Crippen molar-refractivity contribution in [3.8, 4) is 0 Å². The van der Waals surface area contributed by atoms with Gasteiger partial charge in [-0.2, -0.15) is 0 Å². The summed E-state index contributed by atoms with van der Waals surface area (Å²) in [6, 6.07) is 0. The van der Waals surface area contributed by atoms with Crippen molar-refractivity contribution >= 4 is 11.6 Å². The zero-order valence-electron chi connectivity index (χ0n) is 12.8. The second-order valence-electron chi connectivity index (χ2n) is 5.76. The highest BCUT2D eigenvalue weighted by Gasteiger charge is 2.24. The van der Waals surface area contributed by atoms with Crippen LogP contribution in [-0.2, 0) is 0 Å². The van der Waals surface area contributed by atoms with E-state index in [2.05, 4.69) is 41.0 Å². The van der Waals surface area contributed by atoms with Gasteiger partial charge in [0, 0.05) is 31.8 Å². The molecular weight excluding hydrogens is 252 g/mol. The van der Waals surface area contributed by atoms with Gasteiger partial charge >= 0.3 is 0 Å². The molecule has 0 aliphatic carbocycles. The Kier molecular flexibility index (Phi) is 5.17. The van der Waals surface area contributed by atoms with E-state index in [-0.39, 0.29) is 0 Å². The van der Waals surface area contributed by atoms with Gasteiger partial charge in [0.05, 0.1) is 0 Å². The summed E-state index contributed by atoms with van der Waals surface area (Å²) >= 11 is 0. The summed E-state index contributed by atoms with van der Waals surface area (Å²) in [6.45, 7) is 9.55. The maximum atomic E-state index is 9.25. The maximum Gasteiger partial charge on any atom is 0.137 e. The first-order valence-electron chi connectivity index (χ1n) is 7.61. The van der Waals surface area contributed by atoms with Crippen LogP contribution in [0.4, 0.5) is 11.6 Å². The summed E-state index contributed by atoms with van der Waals surface area (Å²) in [6.07, 6.45) is 3.72. The molecule has 2 N–H and O–H groups in total. The molecule has 0 atom stereocenters. The Bertz CT molecular complexity index is 428. The number of aromatic nitrogens is 2. The van der Waals surface area contributed by atoms with E-state index in [1.54, 1.807) is 6.33 Å². The van der Waals surface area contributed by atoms with E-state index in [1.807, 2.05) is 0 Å². The van der Waals surface area contributed by atoms with Crippen LogP contribution in [0.25, 0.3) is 0 Å². The van der Waals surface area contributed by atoms with Crippen LogP contribution in [0.15, 0.2) is 6.33 Å². The topological polar surface area (TPSA) is 61.3 Å². The Labute approximate surface area is 121 Å². The first-order valence-corrected chi connectivity index (χ1v) is 7.61. The zero-order valence-corrected chi connectivity index (χ0v) is 12.8. The number of rotatable bonds is 5. The quantitative estimate of drug-likeness (QED) is 0.865. The van der Waals surface area contributed by atoms with Crippen molar-refractivity contribution in [2.45, 2.75) is 39.5 Å². The van der Waals surface area contributed by atoms with Gasteiger partial charge in [-0.25, -0.2) is 9.97 Å². The van der Waals surface area contributed by atoms with Crippen molar-refractivity contribution in [1.29, 1.82) is 0 Å². The van der Waals surface area contributed by atoms with Crippen LogP contribution in [0.2, 0.25) is 0 Å². The van der Waals surface area contributed by atoms with Crippen molar-refractivity contribution < 1.29 is 5.11 Å². The van der Waals surface area contributed by atoms with E-state index in [4.69, 9.17) is 0 Å². The third kappa shape index (κ3) is 3.20. The lowest BCUT2D eigenvalue weighted by molar-refractivity contribution is 0.202. The Morgan fingerprint density at radius 2 is 2.05 bits per heavy atom. The lowest BCUT2D eigenvalue weighted by Crippen LogP contribution is -2.36. The molecule has 0 spiro atoms. The van der Waals surface area contributed by atoms with Crippen molar-refractivity contribution in [2.24, 2.45) is 5.92 Å². The number of piperidine rings is 1. The molecule has 0 radical (unpaired) electrons. The van der Waals surface area contributed by atoms with Gasteiger partial charge in [0.1, 0.15) is 18.0 Å². The molecule has 20 heavy (non-hydrogen) atoms. The van der Waals surface area contributed by atoms with Crippen LogP contribution < -0.4 is 10.2 Å². The van der Waals surface area contributed by atoms with E-state index in [9.17, 15) is 5.11 Å². The molecule has 0 saturated carbocycles. The number of nitrogens with one attached hydrogen (secondary N) is 1. The summed E-state index contributed by atoms with van der Waals surface area (Å²) in [5, 5.41) is 12.6. The summed E-state index contributed by atoms with van der Waals surface area (Å²) in [5.41, 5.74) is 1.21. The van der Waals surface area contributed by atoms with Crippen LogP contribution >= 0.6 is 0 Å². The van der Waals surface area contributed by atoms with E-state index in [0.29, 0.717) is 18.4 Å². The molecule has 1 aliphatic heterocycles. The second-order valence-corrected chi connectivity index (χ2v) is 5.76. The molecule has 1 aromatic rings. The standard InChI is InChI=1S/C15H26N4O/c1-4-16-14-13(11(2)3)15(18-10-17-14)19-7-5-12(9-20)6-8-19/h10-12,20H,4-9H2,1-3H3,(H,16,17,18). The zero-order chi connectivity index (χ0) is 14.5. The highest BCUT2D eigenvalue weighted by Crippen LogP contribution is 2.32. The predicted molar refractivity (Wildman–Crippen MR) is 82.3 cm³/mol. The Balaban J connectivity index is 2.25. The Morgan fingerprint density at radius 1 is 1.35 bits per heavy atom. The molecule has 0 aromatic carbocycles. The molecule has 0 unspecified atom stereocenters. The number of anilines is 2. The first-order chi connectivity index (χ1) is 9.67. The van der Waals surface area contributed by atoms with Crippen molar-refractivity contribution in [2.75, 3.05) is 36.5 Å². The lowest BCUT2D eigenvalue weighted by atomic mass is 9.96. The van der Waals surface area contributed by atoms with Crippen LogP contribution in [-0.4, -0.2) is 41.3 Å². The molecule has 2 heterocycles. The molecule has 112 valence electrons. The number of hydrogen-bond donors (Lipinski definition) is 2. The molecule has 5 nitrogen and oxygen atoms in total. The third-order valence-corrected chi connectivity index (χ3v) is 3.96. The SMILES string of the molecule is CCNc1ncnc(N2CCC(CO)CC2)c1C(C)C. The molecule has 1 fully saturated rings. The van der Waals surface area contributed by atoms with Crippen molar-refractivity contribution in [3.05, 3.63) is 11.9 Å². The van der Waals surface area contributed by atoms with Gasteiger partial charge < -0.3 is 15.3 Å². The van der Waals surface area contributed by atoms with E-state index in [0.717, 1.165) is 44.1 Å². The van der Waals surface area contributed by atoms with Gasteiger partial charge in [0.2, 0.25) is 0 Å². The Morgan fingerprint density at radius 3 is 2.60 bits per heavy atom. The van der Waals surface area contributed by atoms with Gasteiger partial charge in [-0.1, -0.05) is 13.8 Å². The van der Waals surface area contributed by atoms with Gasteiger partial charge in [0.25, 0.3) is 0 Å². The molecule has 1 aromatic heterocycles. The third-order valence-electron chi connectivity index (χ3n) is 3.96. The molecule has 1 saturated heterocycles. The summed E-state index contributed by atoms with van der Waals surface area (Å²) in [5.74, 6) is 2.85. The molecule has 1 aliphatic rings. The molecule has 5 heteroatoms. The van der Waals surface area contributed by atoms with E-state index >= 15 is 0 Å². The van der Waals surface area contributed by atoms with Gasteiger partial charge in [-0.05, 0) is 31.6 Å². The number of aliphatic hydroxyl groups excluding tert-OH is 1. The van der Waals surface area contributed by atoms with E-state index < -0.39 is 0 Å². The Hall–Kier alpha value is -1.36. The molecule has 0 bridgehead atoms. The molecule has 0 amide bonds. The average Bonchev–Trinajstić information content (AvgIpc) is 2.47. The van der Waals surface area contributed by atoms with Crippen LogP contribution in [0.3, 0.4) is 0 Å². The van der Waals surface area contributed by atoms with E-state index in [1.165, 1.54) is 5.56 Å². The highest BCUT2D eigenvalue weighted by molar-refractivity contribution is 5.60. The van der Waals surface area contributed by atoms with Gasteiger partial charge in [0.15, 0.2) is 0 Å². The second kappa shape index (κ2) is 6.88. The van der Waals surface area contributed by atoms with Gasteiger partial charge in [-0.3, -0.25) is 0 Å². The van der Waals surface area contributed by atoms with Gasteiger partial charge in [-0.15, -0.1) is 0 Å². The largest absolute Gasteiger partial charge is 0.396 e. The van der Waals surface area contributed by atoms with Crippen LogP contribution in [0, 0.1) is 5.92 Å². The lowest BCUT2D eigenvalue weighted by Gasteiger charge is -2.34. The fourth-order valence-corrected chi connectivity index (χ4v) is 2.81. The summed E-state index contributed by atoms with van der Waals surface area (Å²) in [4.78, 5) is 11.3.